The number of anilines is 1. The van der Waals surface area contributed by atoms with Gasteiger partial charge in [0, 0.05) is 23.9 Å². The molecule has 39 heavy (non-hydrogen) atoms. The number of carbonyl (C=O) groups is 2. The van der Waals surface area contributed by atoms with Crippen molar-refractivity contribution in [3.8, 4) is 6.07 Å². The fourth-order valence-corrected chi connectivity index (χ4v) is 5.01. The molecule has 0 aromatic carbocycles. The van der Waals surface area contributed by atoms with Gasteiger partial charge in [-0.25, -0.2) is 9.78 Å². The molecule has 1 aromatic heterocycles. The van der Waals surface area contributed by atoms with Gasteiger partial charge in [-0.1, -0.05) is 45.6 Å². The predicted molar refractivity (Wildman–Crippen MR) is 152 cm³/mol. The average Bonchev–Trinajstić information content (AvgIpc) is 2.91. The summed E-state index contributed by atoms with van der Waals surface area (Å²) in [5.74, 6) is 1.67. The van der Waals surface area contributed by atoms with Crippen molar-refractivity contribution in [1.29, 1.82) is 5.26 Å². The molecule has 1 fully saturated rings. The number of nitrogens with one attached hydrogen (secondary N) is 1. The zero-order valence-electron chi connectivity index (χ0n) is 23.5. The highest BCUT2D eigenvalue weighted by molar-refractivity contribution is 5.93. The van der Waals surface area contributed by atoms with Crippen molar-refractivity contribution in [1.82, 2.24) is 10.3 Å². The monoisotopic (exact) mass is 534 g/mol. The van der Waals surface area contributed by atoms with E-state index >= 15 is 0 Å². The standard InChI is InChI=1S/C31H42N4O4/c1-4-6-12-25(19-32)29(39-27(9-5-2)15-14-23-10-7-11-23)17-22(3)33-31(38)35-16-8-13-24-18-26(20-36)28(21-37)34-30(24)35/h6,12,17-18,21,23,27,36H,4-5,7-11,13-16,20H2,1-3H3,(H,33,38)/b12-6+,22-17+,29-25-. The molecule has 210 valence electrons. The van der Waals surface area contributed by atoms with Crippen LogP contribution in [0.1, 0.15) is 100 Å². The minimum absolute atomic E-state index is 0.00406. The zero-order chi connectivity index (χ0) is 28.2. The highest BCUT2D eigenvalue weighted by atomic mass is 16.5. The summed E-state index contributed by atoms with van der Waals surface area (Å²) in [5.41, 5.74) is 2.37. The van der Waals surface area contributed by atoms with E-state index < -0.39 is 0 Å². The van der Waals surface area contributed by atoms with Crippen molar-refractivity contribution >= 4 is 18.1 Å². The topological polar surface area (TPSA) is 116 Å². The van der Waals surface area contributed by atoms with Crippen molar-refractivity contribution in [3.05, 3.63) is 58.1 Å². The molecule has 1 aliphatic heterocycles. The lowest BCUT2D eigenvalue weighted by Gasteiger charge is -2.29. The SMILES string of the molecule is CC/C=C/C(C#N)=C(\C=C(/C)NC(=O)N1CCCc2cc(CO)c(C=O)nc21)OC(CCC)CCC1CCC1. The molecule has 0 saturated heterocycles. The lowest BCUT2D eigenvalue weighted by Crippen LogP contribution is -2.43. The number of fused-ring (bicyclic) bond motifs is 1. The highest BCUT2D eigenvalue weighted by Gasteiger charge is 2.26. The number of nitrogens with zero attached hydrogens (tertiary/aromatic N) is 3. The van der Waals surface area contributed by atoms with Gasteiger partial charge in [0.05, 0.1) is 18.3 Å². The molecule has 2 heterocycles. The number of aldehydes is 1. The first-order chi connectivity index (χ1) is 18.9. The van der Waals surface area contributed by atoms with Crippen molar-refractivity contribution in [2.75, 3.05) is 11.4 Å². The summed E-state index contributed by atoms with van der Waals surface area (Å²) in [6, 6.07) is 3.64. The van der Waals surface area contributed by atoms with Crippen LogP contribution in [0.15, 0.2) is 41.3 Å². The first-order valence-corrected chi connectivity index (χ1v) is 14.3. The Morgan fingerprint density at radius 3 is 2.74 bits per heavy atom. The van der Waals surface area contributed by atoms with Gasteiger partial charge >= 0.3 is 6.03 Å². The zero-order valence-corrected chi connectivity index (χ0v) is 23.5. The average molecular weight is 535 g/mol. The number of rotatable bonds is 13. The Labute approximate surface area is 232 Å². The maximum atomic E-state index is 13.3. The molecule has 3 rings (SSSR count). The van der Waals surface area contributed by atoms with Crippen LogP contribution < -0.4 is 10.2 Å². The van der Waals surface area contributed by atoms with E-state index in [2.05, 4.69) is 23.3 Å². The number of hydrogen-bond donors (Lipinski definition) is 2. The minimum Gasteiger partial charge on any atom is -0.489 e. The molecule has 1 aliphatic carbocycles. The molecule has 0 radical (unpaired) electrons. The van der Waals surface area contributed by atoms with E-state index in [0.29, 0.717) is 47.7 Å². The summed E-state index contributed by atoms with van der Waals surface area (Å²) in [6.07, 6.45) is 16.1. The van der Waals surface area contributed by atoms with Crippen molar-refractivity contribution in [2.45, 2.75) is 97.7 Å². The number of aromatic nitrogens is 1. The molecule has 1 saturated carbocycles. The second kappa shape index (κ2) is 15.2. The lowest BCUT2D eigenvalue weighted by molar-refractivity contribution is 0.0943. The first kappa shape index (κ1) is 30.1. The molecular formula is C31H42N4O4. The number of aliphatic hydroxyl groups is 1. The summed E-state index contributed by atoms with van der Waals surface area (Å²) < 4.78 is 6.46. The van der Waals surface area contributed by atoms with Crippen molar-refractivity contribution < 1.29 is 19.4 Å². The van der Waals surface area contributed by atoms with Gasteiger partial charge in [-0.3, -0.25) is 9.69 Å². The number of nitriles is 1. The van der Waals surface area contributed by atoms with Crippen LogP contribution in [0.3, 0.4) is 0 Å². The summed E-state index contributed by atoms with van der Waals surface area (Å²) in [5, 5.41) is 22.4. The number of aryl methyl sites for hydroxylation is 1. The van der Waals surface area contributed by atoms with Crippen LogP contribution in [0, 0.1) is 17.2 Å². The van der Waals surface area contributed by atoms with Crippen LogP contribution in [-0.4, -0.2) is 35.1 Å². The third-order valence-electron chi connectivity index (χ3n) is 7.39. The Bertz CT molecular complexity index is 1140. The van der Waals surface area contributed by atoms with Crippen LogP contribution in [0.5, 0.6) is 0 Å². The van der Waals surface area contributed by atoms with Crippen LogP contribution >= 0.6 is 0 Å². The van der Waals surface area contributed by atoms with Crippen molar-refractivity contribution in [2.24, 2.45) is 5.92 Å². The van der Waals surface area contributed by atoms with Gasteiger partial charge in [0.25, 0.3) is 0 Å². The Kier molecular flexibility index (Phi) is 11.8. The number of urea groups is 1. The van der Waals surface area contributed by atoms with E-state index in [4.69, 9.17) is 4.74 Å². The minimum atomic E-state index is -0.372. The number of ether oxygens (including phenoxy) is 1. The Balaban J connectivity index is 1.83. The quantitative estimate of drug-likeness (QED) is 0.134. The maximum Gasteiger partial charge on any atom is 0.327 e. The summed E-state index contributed by atoms with van der Waals surface area (Å²) in [6.45, 7) is 6.09. The second-order valence-corrected chi connectivity index (χ2v) is 10.4. The van der Waals surface area contributed by atoms with E-state index in [1.54, 1.807) is 25.1 Å². The van der Waals surface area contributed by atoms with Gasteiger partial charge in [0.15, 0.2) is 6.29 Å². The number of amides is 2. The number of hydrogen-bond acceptors (Lipinski definition) is 6. The first-order valence-electron chi connectivity index (χ1n) is 14.3. The van der Waals surface area contributed by atoms with Crippen LogP contribution in [0.4, 0.5) is 10.6 Å². The van der Waals surface area contributed by atoms with Gasteiger partial charge in [0.2, 0.25) is 0 Å². The fourth-order valence-electron chi connectivity index (χ4n) is 5.01. The molecule has 2 aliphatic rings. The smallest absolute Gasteiger partial charge is 0.327 e. The number of aliphatic hydroxyl groups excluding tert-OH is 1. The Morgan fingerprint density at radius 1 is 1.33 bits per heavy atom. The number of pyridine rings is 1. The van der Waals surface area contributed by atoms with E-state index in [1.165, 1.54) is 24.2 Å². The molecule has 1 atom stereocenters. The van der Waals surface area contributed by atoms with Gasteiger partial charge < -0.3 is 15.2 Å². The van der Waals surface area contributed by atoms with Gasteiger partial charge in [-0.05, 0) is 69.1 Å². The van der Waals surface area contributed by atoms with Gasteiger partial charge in [-0.15, -0.1) is 0 Å². The molecule has 8 nitrogen and oxygen atoms in total. The lowest BCUT2D eigenvalue weighted by atomic mass is 9.81. The van der Waals surface area contributed by atoms with E-state index in [-0.39, 0.29) is 24.4 Å². The normalized spacial score (nSPS) is 17.1. The number of carbonyl (C=O) groups excluding carboxylic acids is 2. The molecule has 2 amide bonds. The summed E-state index contributed by atoms with van der Waals surface area (Å²) in [7, 11) is 0. The number of allylic oxidation sites excluding steroid dienone is 5. The molecule has 1 unspecified atom stereocenters. The van der Waals surface area contributed by atoms with Gasteiger partial charge in [0.1, 0.15) is 23.3 Å². The Morgan fingerprint density at radius 2 is 2.13 bits per heavy atom. The molecule has 2 N–H and O–H groups in total. The molecule has 8 heteroatoms. The van der Waals surface area contributed by atoms with Crippen molar-refractivity contribution in [3.63, 3.8) is 0 Å². The van der Waals surface area contributed by atoms with E-state index in [1.807, 2.05) is 13.0 Å². The molecule has 1 aromatic rings. The fraction of sp³-hybridized carbons (Fsp3) is 0.548. The molecule has 0 bridgehead atoms. The summed E-state index contributed by atoms with van der Waals surface area (Å²) in [4.78, 5) is 30.7. The molecule has 0 spiro atoms. The van der Waals surface area contributed by atoms with E-state index in [0.717, 1.165) is 50.0 Å². The van der Waals surface area contributed by atoms with Crippen LogP contribution in [0.25, 0.3) is 0 Å². The largest absolute Gasteiger partial charge is 0.489 e. The maximum absolute atomic E-state index is 13.3. The molecular weight excluding hydrogens is 492 g/mol. The van der Waals surface area contributed by atoms with Crippen LogP contribution in [-0.2, 0) is 17.8 Å². The highest BCUT2D eigenvalue weighted by Crippen LogP contribution is 2.32. The third-order valence-corrected chi connectivity index (χ3v) is 7.39. The van der Waals surface area contributed by atoms with Crippen LogP contribution in [0.2, 0.25) is 0 Å². The Hall–Kier alpha value is -3.44. The van der Waals surface area contributed by atoms with E-state index in [9.17, 15) is 20.0 Å². The van der Waals surface area contributed by atoms with Gasteiger partial charge in [-0.2, -0.15) is 5.26 Å². The third kappa shape index (κ3) is 8.27. The summed E-state index contributed by atoms with van der Waals surface area (Å²) >= 11 is 0. The second-order valence-electron chi connectivity index (χ2n) is 10.4. The predicted octanol–water partition coefficient (Wildman–Crippen LogP) is 6.26.